The summed E-state index contributed by atoms with van der Waals surface area (Å²) in [7, 11) is 1.68. The molecule has 5 heteroatoms. The summed E-state index contributed by atoms with van der Waals surface area (Å²) in [5.74, 6) is 0.579. The van der Waals surface area contributed by atoms with Crippen molar-refractivity contribution >= 4 is 27.8 Å². The molecule has 2 aliphatic rings. The second-order valence-electron chi connectivity index (χ2n) is 4.89. The zero-order chi connectivity index (χ0) is 12.9. The van der Waals surface area contributed by atoms with Gasteiger partial charge in [0.1, 0.15) is 0 Å². The standard InChI is InChI=1S/C13H14BrN3O/c1-17-11(18)13(8-5-6-8,16-12(17)15)9-3-2-4-10(14)7-9/h2-4,7-8H,5-6H2,1H3,(H2,15,16). The first-order chi connectivity index (χ1) is 8.55. The van der Waals surface area contributed by atoms with Crippen molar-refractivity contribution in [1.29, 1.82) is 0 Å². The Labute approximate surface area is 114 Å². The van der Waals surface area contributed by atoms with Crippen LogP contribution in [0.4, 0.5) is 0 Å². The molecular weight excluding hydrogens is 294 g/mol. The van der Waals surface area contributed by atoms with Gasteiger partial charge >= 0.3 is 0 Å². The minimum Gasteiger partial charge on any atom is -0.369 e. The maximum atomic E-state index is 12.5. The molecule has 1 atom stereocenters. The Morgan fingerprint density at radius 2 is 2.22 bits per heavy atom. The average molecular weight is 308 g/mol. The SMILES string of the molecule is CN1C(=O)C(c2cccc(Br)c2)(C2CC2)N=C1N. The van der Waals surface area contributed by atoms with Gasteiger partial charge in [-0.1, -0.05) is 28.1 Å². The van der Waals surface area contributed by atoms with E-state index >= 15 is 0 Å². The van der Waals surface area contributed by atoms with Crippen molar-refractivity contribution in [2.45, 2.75) is 18.4 Å². The number of likely N-dealkylation sites (N-methyl/N-ethyl adjacent to an activating group) is 1. The molecule has 1 aliphatic heterocycles. The number of carbonyl (C=O) groups excluding carboxylic acids is 1. The predicted octanol–water partition coefficient (Wildman–Crippen LogP) is 1.84. The molecule has 1 aromatic carbocycles. The van der Waals surface area contributed by atoms with E-state index in [9.17, 15) is 4.79 Å². The summed E-state index contributed by atoms with van der Waals surface area (Å²) in [6.07, 6.45) is 2.06. The van der Waals surface area contributed by atoms with E-state index in [1.54, 1.807) is 7.05 Å². The number of carbonyl (C=O) groups is 1. The molecule has 1 fully saturated rings. The van der Waals surface area contributed by atoms with Crippen LogP contribution in [0.25, 0.3) is 0 Å². The lowest BCUT2D eigenvalue weighted by Crippen LogP contribution is -2.41. The van der Waals surface area contributed by atoms with Crippen molar-refractivity contribution in [3.8, 4) is 0 Å². The first-order valence-electron chi connectivity index (χ1n) is 5.95. The fourth-order valence-electron chi connectivity index (χ4n) is 2.58. The van der Waals surface area contributed by atoms with E-state index in [1.165, 1.54) is 4.90 Å². The van der Waals surface area contributed by atoms with Gasteiger partial charge in [-0.2, -0.15) is 0 Å². The van der Waals surface area contributed by atoms with Crippen LogP contribution in [0.2, 0.25) is 0 Å². The van der Waals surface area contributed by atoms with E-state index in [0.29, 0.717) is 5.96 Å². The van der Waals surface area contributed by atoms with Crippen LogP contribution in [0, 0.1) is 5.92 Å². The molecule has 18 heavy (non-hydrogen) atoms. The van der Waals surface area contributed by atoms with E-state index in [0.717, 1.165) is 22.9 Å². The van der Waals surface area contributed by atoms with Gasteiger partial charge in [0.05, 0.1) is 0 Å². The van der Waals surface area contributed by atoms with Gasteiger partial charge in [-0.05, 0) is 36.5 Å². The molecule has 1 aromatic rings. The van der Waals surface area contributed by atoms with Crippen LogP contribution in [0.1, 0.15) is 18.4 Å². The maximum absolute atomic E-state index is 12.5. The molecule has 0 spiro atoms. The molecule has 1 saturated carbocycles. The zero-order valence-electron chi connectivity index (χ0n) is 10.1. The number of guanidine groups is 1. The number of nitrogens with two attached hydrogens (primary N) is 1. The molecule has 0 saturated heterocycles. The quantitative estimate of drug-likeness (QED) is 0.906. The summed E-state index contributed by atoms with van der Waals surface area (Å²) in [5.41, 5.74) is 5.97. The molecule has 3 rings (SSSR count). The Balaban J connectivity index is 2.17. The third-order valence-electron chi connectivity index (χ3n) is 3.70. The Kier molecular flexibility index (Phi) is 2.48. The molecule has 94 valence electrons. The lowest BCUT2D eigenvalue weighted by molar-refractivity contribution is -0.131. The highest BCUT2D eigenvalue weighted by Gasteiger charge is 2.57. The second kappa shape index (κ2) is 3.82. The largest absolute Gasteiger partial charge is 0.369 e. The van der Waals surface area contributed by atoms with E-state index in [2.05, 4.69) is 20.9 Å². The first kappa shape index (κ1) is 11.7. The summed E-state index contributed by atoms with van der Waals surface area (Å²) >= 11 is 3.45. The summed E-state index contributed by atoms with van der Waals surface area (Å²) in [4.78, 5) is 18.5. The van der Waals surface area contributed by atoms with Crippen LogP contribution < -0.4 is 5.73 Å². The highest BCUT2D eigenvalue weighted by Crippen LogP contribution is 2.51. The normalized spacial score (nSPS) is 27.6. The molecular formula is C13H14BrN3O. The molecule has 1 aliphatic carbocycles. The smallest absolute Gasteiger partial charge is 0.261 e. The van der Waals surface area contributed by atoms with Gasteiger partial charge in [0.15, 0.2) is 11.5 Å². The van der Waals surface area contributed by atoms with Crippen LogP contribution in [0.3, 0.4) is 0 Å². The van der Waals surface area contributed by atoms with Gasteiger partial charge in [0, 0.05) is 11.5 Å². The average Bonchev–Trinajstić information content (AvgIpc) is 3.15. The fraction of sp³-hybridized carbons (Fsp3) is 0.385. The van der Waals surface area contributed by atoms with Crippen molar-refractivity contribution in [1.82, 2.24) is 4.90 Å². The molecule has 0 bridgehead atoms. The van der Waals surface area contributed by atoms with Gasteiger partial charge in [0.2, 0.25) is 0 Å². The van der Waals surface area contributed by atoms with Gasteiger partial charge in [-0.25, -0.2) is 4.99 Å². The molecule has 2 N–H and O–H groups in total. The molecule has 1 heterocycles. The van der Waals surface area contributed by atoms with E-state index < -0.39 is 5.54 Å². The number of benzene rings is 1. The highest BCUT2D eigenvalue weighted by atomic mass is 79.9. The van der Waals surface area contributed by atoms with E-state index in [1.807, 2.05) is 24.3 Å². The number of hydrogen-bond acceptors (Lipinski definition) is 3. The summed E-state index contributed by atoms with van der Waals surface area (Å²) in [6, 6.07) is 7.80. The van der Waals surface area contributed by atoms with Crippen molar-refractivity contribution in [3.63, 3.8) is 0 Å². The highest BCUT2D eigenvalue weighted by molar-refractivity contribution is 9.10. The summed E-state index contributed by atoms with van der Waals surface area (Å²) < 4.78 is 0.955. The maximum Gasteiger partial charge on any atom is 0.261 e. The molecule has 1 unspecified atom stereocenters. The number of aliphatic imine (C=N–C) groups is 1. The van der Waals surface area contributed by atoms with Gasteiger partial charge in [-0.3, -0.25) is 9.69 Å². The van der Waals surface area contributed by atoms with E-state index in [-0.39, 0.29) is 11.8 Å². The minimum atomic E-state index is -0.789. The Hall–Kier alpha value is -1.36. The van der Waals surface area contributed by atoms with Crippen LogP contribution in [-0.2, 0) is 10.3 Å². The Morgan fingerprint density at radius 1 is 1.50 bits per heavy atom. The number of amides is 1. The van der Waals surface area contributed by atoms with Crippen LogP contribution >= 0.6 is 15.9 Å². The van der Waals surface area contributed by atoms with Crippen molar-refractivity contribution in [2.75, 3.05) is 7.05 Å². The number of hydrogen-bond donors (Lipinski definition) is 1. The lowest BCUT2D eigenvalue weighted by Gasteiger charge is -2.25. The number of rotatable bonds is 2. The lowest BCUT2D eigenvalue weighted by atomic mass is 9.85. The van der Waals surface area contributed by atoms with Gasteiger partial charge in [-0.15, -0.1) is 0 Å². The zero-order valence-corrected chi connectivity index (χ0v) is 11.6. The summed E-state index contributed by atoms with van der Waals surface area (Å²) in [5, 5.41) is 0. The molecule has 0 aromatic heterocycles. The van der Waals surface area contributed by atoms with Gasteiger partial charge < -0.3 is 5.73 Å². The Bertz CT molecular complexity index is 553. The van der Waals surface area contributed by atoms with Crippen molar-refractivity contribution in [2.24, 2.45) is 16.6 Å². The Morgan fingerprint density at radius 3 is 2.72 bits per heavy atom. The number of halogens is 1. The second-order valence-corrected chi connectivity index (χ2v) is 5.80. The number of nitrogens with zero attached hydrogens (tertiary/aromatic N) is 2. The minimum absolute atomic E-state index is 0.0133. The monoisotopic (exact) mass is 307 g/mol. The summed E-state index contributed by atoms with van der Waals surface area (Å²) in [6.45, 7) is 0. The topological polar surface area (TPSA) is 58.7 Å². The van der Waals surface area contributed by atoms with Crippen LogP contribution in [-0.4, -0.2) is 23.8 Å². The fourth-order valence-corrected chi connectivity index (χ4v) is 2.98. The third-order valence-corrected chi connectivity index (χ3v) is 4.19. The van der Waals surface area contributed by atoms with Crippen molar-refractivity contribution in [3.05, 3.63) is 34.3 Å². The molecule has 1 amide bonds. The molecule has 0 radical (unpaired) electrons. The van der Waals surface area contributed by atoms with E-state index in [4.69, 9.17) is 5.73 Å². The predicted molar refractivity (Wildman–Crippen MR) is 72.9 cm³/mol. The first-order valence-corrected chi connectivity index (χ1v) is 6.74. The van der Waals surface area contributed by atoms with Crippen LogP contribution in [0.5, 0.6) is 0 Å². The van der Waals surface area contributed by atoms with Crippen molar-refractivity contribution < 1.29 is 4.79 Å². The third kappa shape index (κ3) is 1.50. The van der Waals surface area contributed by atoms with Gasteiger partial charge in [0.25, 0.3) is 5.91 Å². The molecule has 4 nitrogen and oxygen atoms in total. The van der Waals surface area contributed by atoms with Crippen LogP contribution in [0.15, 0.2) is 33.7 Å².